The van der Waals surface area contributed by atoms with E-state index in [1.54, 1.807) is 7.11 Å². The quantitative estimate of drug-likeness (QED) is 0.319. The van der Waals surface area contributed by atoms with Crippen LogP contribution >= 0.6 is 0 Å². The van der Waals surface area contributed by atoms with E-state index in [1.165, 1.54) is 6.21 Å². The molecule has 0 aromatic rings. The lowest BCUT2D eigenvalue weighted by atomic mass is 10.0. The minimum absolute atomic E-state index is 0.00330. The number of aliphatic hydroxyl groups excluding tert-OH is 2. The first kappa shape index (κ1) is 13.5. The van der Waals surface area contributed by atoms with Gasteiger partial charge in [-0.2, -0.15) is 0 Å². The van der Waals surface area contributed by atoms with Crippen LogP contribution in [0, 0.1) is 11.3 Å². The molecule has 84 valence electrons. The average molecular weight is 204 g/mol. The van der Waals surface area contributed by atoms with Crippen LogP contribution in [0.5, 0.6) is 0 Å². The van der Waals surface area contributed by atoms with E-state index in [0.717, 1.165) is 0 Å². The van der Waals surface area contributed by atoms with Crippen LogP contribution in [0.4, 0.5) is 0 Å². The van der Waals surface area contributed by atoms with Crippen molar-refractivity contribution in [1.29, 1.82) is 5.41 Å². The van der Waals surface area contributed by atoms with Gasteiger partial charge < -0.3 is 20.4 Å². The zero-order valence-electron chi connectivity index (χ0n) is 8.73. The highest BCUT2D eigenvalue weighted by Gasteiger charge is 2.19. The average Bonchev–Trinajstić information content (AvgIpc) is 2.21. The maximum Gasteiger partial charge on any atom is 0.107 e. The molecule has 0 bridgehead atoms. The molecule has 3 unspecified atom stereocenters. The SMILES string of the molecule is COC(CC(O)NCC=N)C(C)CO. The lowest BCUT2D eigenvalue weighted by molar-refractivity contribution is -0.00930. The smallest absolute Gasteiger partial charge is 0.107 e. The summed E-state index contributed by atoms with van der Waals surface area (Å²) in [5, 5.41) is 27.9. The minimum Gasteiger partial charge on any atom is -0.396 e. The van der Waals surface area contributed by atoms with E-state index < -0.39 is 6.23 Å². The molecule has 5 nitrogen and oxygen atoms in total. The summed E-state index contributed by atoms with van der Waals surface area (Å²) in [5.74, 6) is -0.00330. The summed E-state index contributed by atoms with van der Waals surface area (Å²) >= 11 is 0. The van der Waals surface area contributed by atoms with Crippen LogP contribution in [0.1, 0.15) is 13.3 Å². The lowest BCUT2D eigenvalue weighted by Crippen LogP contribution is -2.37. The summed E-state index contributed by atoms with van der Waals surface area (Å²) in [4.78, 5) is 0. The molecule has 0 aromatic carbocycles. The molecule has 3 atom stereocenters. The Labute approximate surface area is 84.6 Å². The Hall–Kier alpha value is -0.490. The van der Waals surface area contributed by atoms with Crippen LogP contribution in [-0.2, 0) is 4.74 Å². The van der Waals surface area contributed by atoms with E-state index in [0.29, 0.717) is 13.0 Å². The molecule has 14 heavy (non-hydrogen) atoms. The van der Waals surface area contributed by atoms with E-state index in [2.05, 4.69) is 5.32 Å². The molecule has 4 N–H and O–H groups in total. The number of hydrogen-bond acceptors (Lipinski definition) is 5. The first-order valence-electron chi connectivity index (χ1n) is 4.69. The highest BCUT2D eigenvalue weighted by molar-refractivity contribution is 5.55. The van der Waals surface area contributed by atoms with Crippen LogP contribution in [-0.4, -0.2) is 49.0 Å². The van der Waals surface area contributed by atoms with Gasteiger partial charge in [-0.15, -0.1) is 0 Å². The molecule has 0 saturated carbocycles. The van der Waals surface area contributed by atoms with Crippen LogP contribution in [0.2, 0.25) is 0 Å². The van der Waals surface area contributed by atoms with E-state index in [4.69, 9.17) is 15.3 Å². The molecule has 5 heteroatoms. The summed E-state index contributed by atoms with van der Waals surface area (Å²) in [6.07, 6.45) is 0.718. The van der Waals surface area contributed by atoms with Gasteiger partial charge >= 0.3 is 0 Å². The molecular formula is C9H20N2O3. The second-order valence-corrected chi connectivity index (χ2v) is 3.30. The molecule has 0 heterocycles. The van der Waals surface area contributed by atoms with Crippen molar-refractivity contribution in [1.82, 2.24) is 5.32 Å². The number of hydrogen-bond donors (Lipinski definition) is 4. The number of nitrogens with one attached hydrogen (secondary N) is 2. The minimum atomic E-state index is -0.699. The molecule has 0 aliphatic rings. The Balaban J connectivity index is 3.84. The third-order valence-electron chi connectivity index (χ3n) is 2.14. The maximum absolute atomic E-state index is 9.45. The molecule has 0 aromatic heterocycles. The Bertz CT molecular complexity index is 155. The summed E-state index contributed by atoms with van der Waals surface area (Å²) < 4.78 is 5.14. The summed E-state index contributed by atoms with van der Waals surface area (Å²) in [7, 11) is 1.56. The summed E-state index contributed by atoms with van der Waals surface area (Å²) in [6.45, 7) is 2.23. The monoisotopic (exact) mass is 204 g/mol. The van der Waals surface area contributed by atoms with Crippen molar-refractivity contribution in [2.45, 2.75) is 25.7 Å². The van der Waals surface area contributed by atoms with Gasteiger partial charge in [-0.1, -0.05) is 6.92 Å². The summed E-state index contributed by atoms with van der Waals surface area (Å²) in [5.41, 5.74) is 0. The zero-order valence-corrected chi connectivity index (χ0v) is 8.73. The highest BCUT2D eigenvalue weighted by Crippen LogP contribution is 2.11. The molecule has 0 aliphatic carbocycles. The second-order valence-electron chi connectivity index (χ2n) is 3.30. The zero-order chi connectivity index (χ0) is 11.0. The van der Waals surface area contributed by atoms with Gasteiger partial charge in [0.1, 0.15) is 6.23 Å². The molecule has 0 saturated heterocycles. The van der Waals surface area contributed by atoms with Gasteiger partial charge in [-0.25, -0.2) is 0 Å². The van der Waals surface area contributed by atoms with Gasteiger partial charge in [0.2, 0.25) is 0 Å². The normalized spacial score (nSPS) is 17.4. The van der Waals surface area contributed by atoms with Gasteiger partial charge in [-0.05, 0) is 0 Å². The Morgan fingerprint density at radius 2 is 2.21 bits per heavy atom. The van der Waals surface area contributed by atoms with Gasteiger partial charge in [-0.3, -0.25) is 5.32 Å². The lowest BCUT2D eigenvalue weighted by Gasteiger charge is -2.23. The van der Waals surface area contributed by atoms with E-state index >= 15 is 0 Å². The molecule has 0 rings (SSSR count). The number of methoxy groups -OCH3 is 1. The van der Waals surface area contributed by atoms with Crippen LogP contribution in [0.15, 0.2) is 0 Å². The first-order valence-corrected chi connectivity index (χ1v) is 4.69. The Morgan fingerprint density at radius 1 is 1.57 bits per heavy atom. The predicted molar refractivity (Wildman–Crippen MR) is 54.5 cm³/mol. The Morgan fingerprint density at radius 3 is 2.64 bits per heavy atom. The van der Waals surface area contributed by atoms with Crippen LogP contribution in [0.25, 0.3) is 0 Å². The third kappa shape index (κ3) is 5.29. The van der Waals surface area contributed by atoms with Crippen molar-refractivity contribution in [2.24, 2.45) is 5.92 Å². The van der Waals surface area contributed by atoms with Gasteiger partial charge in [0.25, 0.3) is 0 Å². The molecule has 0 radical (unpaired) electrons. The molecule has 0 aliphatic heterocycles. The second kappa shape index (κ2) is 7.87. The van der Waals surface area contributed by atoms with E-state index in [-0.39, 0.29) is 18.6 Å². The standard InChI is InChI=1S/C9H20N2O3/c1-7(6-12)8(14-2)5-9(13)11-4-3-10/h3,7-13H,4-6H2,1-2H3. The predicted octanol–water partition coefficient (Wildman–Crippen LogP) is -0.423. The molecule has 0 fully saturated rings. The van der Waals surface area contributed by atoms with Crippen molar-refractivity contribution >= 4 is 6.21 Å². The number of rotatable bonds is 8. The topological polar surface area (TPSA) is 85.6 Å². The molecular weight excluding hydrogens is 184 g/mol. The molecule has 0 spiro atoms. The Kier molecular flexibility index (Phi) is 7.60. The van der Waals surface area contributed by atoms with Crippen molar-refractivity contribution in [3.63, 3.8) is 0 Å². The highest BCUT2D eigenvalue weighted by atomic mass is 16.5. The van der Waals surface area contributed by atoms with Gasteiger partial charge in [0.05, 0.1) is 6.10 Å². The van der Waals surface area contributed by atoms with Gasteiger partial charge in [0, 0.05) is 38.8 Å². The maximum atomic E-state index is 9.45. The van der Waals surface area contributed by atoms with Crippen molar-refractivity contribution in [3.8, 4) is 0 Å². The van der Waals surface area contributed by atoms with Gasteiger partial charge in [0.15, 0.2) is 0 Å². The summed E-state index contributed by atoms with van der Waals surface area (Å²) in [6, 6.07) is 0. The van der Waals surface area contributed by atoms with Crippen LogP contribution < -0.4 is 5.32 Å². The fraction of sp³-hybridized carbons (Fsp3) is 0.889. The van der Waals surface area contributed by atoms with Crippen molar-refractivity contribution in [3.05, 3.63) is 0 Å². The van der Waals surface area contributed by atoms with Crippen LogP contribution in [0.3, 0.4) is 0 Å². The fourth-order valence-corrected chi connectivity index (χ4v) is 1.18. The van der Waals surface area contributed by atoms with Crippen molar-refractivity contribution < 1.29 is 14.9 Å². The van der Waals surface area contributed by atoms with E-state index in [9.17, 15) is 5.11 Å². The van der Waals surface area contributed by atoms with Crippen molar-refractivity contribution in [2.75, 3.05) is 20.3 Å². The number of ether oxygens (including phenoxy) is 1. The first-order chi connectivity index (χ1) is 6.65. The number of aliphatic hydroxyl groups is 2. The fourth-order valence-electron chi connectivity index (χ4n) is 1.18. The third-order valence-corrected chi connectivity index (χ3v) is 2.14. The molecule has 0 amide bonds. The van der Waals surface area contributed by atoms with E-state index in [1.807, 2.05) is 6.92 Å². The largest absolute Gasteiger partial charge is 0.396 e.